The summed E-state index contributed by atoms with van der Waals surface area (Å²) in [6, 6.07) is 6.38. The van der Waals surface area contributed by atoms with E-state index in [1.807, 2.05) is 13.8 Å². The van der Waals surface area contributed by atoms with Crippen molar-refractivity contribution < 1.29 is 9.50 Å². The molecule has 0 amide bonds. The van der Waals surface area contributed by atoms with Gasteiger partial charge >= 0.3 is 0 Å². The van der Waals surface area contributed by atoms with E-state index < -0.39 is 5.60 Å². The highest BCUT2D eigenvalue weighted by Crippen LogP contribution is 2.21. The maximum absolute atomic E-state index is 12.8. The molecule has 0 saturated carbocycles. The van der Waals surface area contributed by atoms with Crippen LogP contribution in [0.4, 0.5) is 9.52 Å². The van der Waals surface area contributed by atoms with E-state index in [-0.39, 0.29) is 5.82 Å². The summed E-state index contributed by atoms with van der Waals surface area (Å²) in [5.74, 6) is -0.239. The van der Waals surface area contributed by atoms with Crippen molar-refractivity contribution in [2.45, 2.75) is 38.7 Å². The Balaban J connectivity index is 1.94. The summed E-state index contributed by atoms with van der Waals surface area (Å²) >= 11 is 1.46. The van der Waals surface area contributed by atoms with E-state index in [1.165, 1.54) is 23.5 Å². The lowest BCUT2D eigenvalue weighted by molar-refractivity contribution is 0.0457. The lowest BCUT2D eigenvalue weighted by Gasteiger charge is -2.24. The molecule has 0 saturated heterocycles. The quantitative estimate of drug-likeness (QED) is 0.824. The fourth-order valence-corrected chi connectivity index (χ4v) is 2.68. The standard InChI is InChI=1S/C15H20FN3OS/c1-3-15(20,4-2)10-17-14-19-18-13(21-14)9-11-5-7-12(16)8-6-11/h5-8,20H,3-4,9-10H2,1-2H3,(H,17,19). The van der Waals surface area contributed by atoms with Crippen molar-refractivity contribution >= 4 is 16.5 Å². The summed E-state index contributed by atoms with van der Waals surface area (Å²) < 4.78 is 12.8. The first-order valence-corrected chi connectivity index (χ1v) is 7.89. The van der Waals surface area contributed by atoms with Gasteiger partial charge in [-0.05, 0) is 30.5 Å². The zero-order valence-electron chi connectivity index (χ0n) is 12.3. The molecule has 0 bridgehead atoms. The highest BCUT2D eigenvalue weighted by atomic mass is 32.1. The molecule has 0 aliphatic heterocycles. The summed E-state index contributed by atoms with van der Waals surface area (Å²) in [5.41, 5.74) is 0.292. The number of aromatic nitrogens is 2. The molecule has 21 heavy (non-hydrogen) atoms. The number of hydrogen-bond donors (Lipinski definition) is 2. The topological polar surface area (TPSA) is 58.0 Å². The number of rotatable bonds is 7. The molecule has 1 heterocycles. The van der Waals surface area contributed by atoms with Crippen LogP contribution in [-0.2, 0) is 6.42 Å². The Bertz CT molecular complexity index is 567. The monoisotopic (exact) mass is 309 g/mol. The summed E-state index contributed by atoms with van der Waals surface area (Å²) in [5, 5.41) is 23.1. The first-order chi connectivity index (χ1) is 10.0. The largest absolute Gasteiger partial charge is 0.388 e. The van der Waals surface area contributed by atoms with Crippen LogP contribution in [0, 0.1) is 5.82 Å². The molecule has 2 N–H and O–H groups in total. The normalized spacial score (nSPS) is 11.6. The SMILES string of the molecule is CCC(O)(CC)CNc1nnc(Cc2ccc(F)cc2)s1. The van der Waals surface area contributed by atoms with Crippen LogP contribution in [0.1, 0.15) is 37.3 Å². The second kappa shape index (κ2) is 6.95. The van der Waals surface area contributed by atoms with Gasteiger partial charge < -0.3 is 10.4 Å². The van der Waals surface area contributed by atoms with Gasteiger partial charge in [0.05, 0.1) is 5.60 Å². The lowest BCUT2D eigenvalue weighted by atomic mass is 9.98. The molecular weight excluding hydrogens is 289 g/mol. The molecule has 2 rings (SSSR count). The van der Waals surface area contributed by atoms with E-state index in [4.69, 9.17) is 0 Å². The zero-order chi connectivity index (χ0) is 15.3. The van der Waals surface area contributed by atoms with Crippen molar-refractivity contribution in [2.75, 3.05) is 11.9 Å². The van der Waals surface area contributed by atoms with Crippen molar-refractivity contribution in [3.63, 3.8) is 0 Å². The number of aliphatic hydroxyl groups is 1. The summed E-state index contributed by atoms with van der Waals surface area (Å²) in [6.07, 6.45) is 2.01. The van der Waals surface area contributed by atoms with Crippen molar-refractivity contribution in [3.05, 3.63) is 40.7 Å². The minimum absolute atomic E-state index is 0.239. The van der Waals surface area contributed by atoms with E-state index >= 15 is 0 Å². The maximum Gasteiger partial charge on any atom is 0.205 e. The lowest BCUT2D eigenvalue weighted by Crippen LogP contribution is -2.35. The maximum atomic E-state index is 12.8. The van der Waals surface area contributed by atoms with E-state index in [1.54, 1.807) is 12.1 Å². The Kier molecular flexibility index (Phi) is 5.25. The van der Waals surface area contributed by atoms with Crippen molar-refractivity contribution in [1.82, 2.24) is 10.2 Å². The predicted octanol–water partition coefficient (Wildman–Crippen LogP) is 3.23. The average Bonchev–Trinajstić information content (AvgIpc) is 2.95. The van der Waals surface area contributed by atoms with Crippen LogP contribution < -0.4 is 5.32 Å². The molecule has 2 aromatic rings. The average molecular weight is 309 g/mol. The third kappa shape index (κ3) is 4.47. The Hall–Kier alpha value is -1.53. The first kappa shape index (κ1) is 15.9. The molecule has 0 aliphatic rings. The summed E-state index contributed by atoms with van der Waals surface area (Å²) in [6.45, 7) is 4.39. The fraction of sp³-hybridized carbons (Fsp3) is 0.467. The van der Waals surface area contributed by atoms with Crippen LogP contribution in [0.2, 0.25) is 0 Å². The van der Waals surface area contributed by atoms with Gasteiger partial charge in [-0.15, -0.1) is 10.2 Å². The number of benzene rings is 1. The smallest absolute Gasteiger partial charge is 0.205 e. The van der Waals surface area contributed by atoms with Gasteiger partial charge in [0, 0.05) is 13.0 Å². The molecule has 1 aromatic heterocycles. The molecule has 0 radical (unpaired) electrons. The number of nitrogens with one attached hydrogen (secondary N) is 1. The van der Waals surface area contributed by atoms with E-state index in [0.29, 0.717) is 30.9 Å². The van der Waals surface area contributed by atoms with E-state index in [9.17, 15) is 9.50 Å². The van der Waals surface area contributed by atoms with Crippen LogP contribution in [-0.4, -0.2) is 27.4 Å². The molecule has 0 unspecified atom stereocenters. The van der Waals surface area contributed by atoms with Gasteiger partial charge in [0.2, 0.25) is 5.13 Å². The molecule has 1 aromatic carbocycles. The van der Waals surface area contributed by atoms with E-state index in [0.717, 1.165) is 10.6 Å². The number of halogens is 1. The van der Waals surface area contributed by atoms with Gasteiger partial charge in [-0.25, -0.2) is 4.39 Å². The van der Waals surface area contributed by atoms with Crippen LogP contribution in [0.25, 0.3) is 0 Å². The summed E-state index contributed by atoms with van der Waals surface area (Å²) in [7, 11) is 0. The predicted molar refractivity (Wildman–Crippen MR) is 83.1 cm³/mol. The van der Waals surface area contributed by atoms with Crippen LogP contribution in [0.15, 0.2) is 24.3 Å². The fourth-order valence-electron chi connectivity index (χ4n) is 1.91. The van der Waals surface area contributed by atoms with Gasteiger partial charge in [0.1, 0.15) is 10.8 Å². The number of nitrogens with zero attached hydrogens (tertiary/aromatic N) is 2. The number of hydrogen-bond acceptors (Lipinski definition) is 5. The van der Waals surface area contributed by atoms with Gasteiger partial charge in [-0.1, -0.05) is 37.3 Å². The Labute approximate surface area is 128 Å². The summed E-state index contributed by atoms with van der Waals surface area (Å²) in [4.78, 5) is 0. The highest BCUT2D eigenvalue weighted by Gasteiger charge is 2.22. The molecule has 0 atom stereocenters. The molecule has 0 spiro atoms. The molecule has 0 fully saturated rings. The molecule has 0 aliphatic carbocycles. The number of anilines is 1. The second-order valence-electron chi connectivity index (χ2n) is 5.09. The van der Waals surface area contributed by atoms with Crippen LogP contribution >= 0.6 is 11.3 Å². The molecule has 114 valence electrons. The van der Waals surface area contributed by atoms with Gasteiger partial charge in [0.15, 0.2) is 0 Å². The molecule has 4 nitrogen and oxygen atoms in total. The van der Waals surface area contributed by atoms with Crippen molar-refractivity contribution in [1.29, 1.82) is 0 Å². The minimum Gasteiger partial charge on any atom is -0.388 e. The Morgan fingerprint density at radius 2 is 1.86 bits per heavy atom. The molecular formula is C15H20FN3OS. The van der Waals surface area contributed by atoms with Crippen LogP contribution in [0.5, 0.6) is 0 Å². The third-order valence-electron chi connectivity index (χ3n) is 3.62. The Morgan fingerprint density at radius 3 is 2.48 bits per heavy atom. The second-order valence-corrected chi connectivity index (χ2v) is 6.15. The highest BCUT2D eigenvalue weighted by molar-refractivity contribution is 7.15. The third-order valence-corrected chi connectivity index (χ3v) is 4.50. The van der Waals surface area contributed by atoms with Crippen molar-refractivity contribution in [2.24, 2.45) is 0 Å². The Morgan fingerprint density at radius 1 is 1.19 bits per heavy atom. The van der Waals surface area contributed by atoms with Gasteiger partial charge in [-0.2, -0.15) is 0 Å². The van der Waals surface area contributed by atoms with Gasteiger partial charge in [-0.3, -0.25) is 0 Å². The minimum atomic E-state index is -0.706. The first-order valence-electron chi connectivity index (χ1n) is 7.07. The molecule has 6 heteroatoms. The zero-order valence-corrected chi connectivity index (χ0v) is 13.1. The van der Waals surface area contributed by atoms with Crippen LogP contribution in [0.3, 0.4) is 0 Å². The van der Waals surface area contributed by atoms with Gasteiger partial charge in [0.25, 0.3) is 0 Å². The van der Waals surface area contributed by atoms with E-state index in [2.05, 4.69) is 15.5 Å². The van der Waals surface area contributed by atoms with Crippen molar-refractivity contribution in [3.8, 4) is 0 Å².